The maximum atomic E-state index is 11.5. The molecule has 3 rings (SSSR count). The van der Waals surface area contributed by atoms with E-state index >= 15 is 0 Å². The van der Waals surface area contributed by atoms with Gasteiger partial charge in [0.1, 0.15) is 6.04 Å². The molecule has 0 amide bonds. The molecule has 1 aliphatic heterocycles. The molecule has 1 aromatic heterocycles. The number of carbonyl (C=O) groups is 1. The molecule has 0 bridgehead atoms. The fourth-order valence-electron chi connectivity index (χ4n) is 2.92. The van der Waals surface area contributed by atoms with Gasteiger partial charge in [0.25, 0.3) is 0 Å². The lowest BCUT2D eigenvalue weighted by atomic mass is 10.0. The fraction of sp³-hybridized carbons (Fsp3) is 0.375. The number of benzene rings is 1. The first-order valence-corrected chi connectivity index (χ1v) is 7.33. The summed E-state index contributed by atoms with van der Waals surface area (Å²) in [5.41, 5.74) is 2.97. The second-order valence-electron chi connectivity index (χ2n) is 5.47. The number of carboxylic acid groups (broad SMARTS) is 1. The summed E-state index contributed by atoms with van der Waals surface area (Å²) in [6.45, 7) is 3.48. The number of aliphatic carboxylic acids is 1. The van der Waals surface area contributed by atoms with Gasteiger partial charge in [-0.1, -0.05) is 30.3 Å². The molecular formula is C16H19N3O3. The Morgan fingerprint density at radius 3 is 2.95 bits per heavy atom. The number of carboxylic acids is 1. The highest BCUT2D eigenvalue weighted by Crippen LogP contribution is 2.24. The molecule has 0 spiro atoms. The Balaban J connectivity index is 1.84. The van der Waals surface area contributed by atoms with E-state index in [-0.39, 0.29) is 6.10 Å². The van der Waals surface area contributed by atoms with Crippen LogP contribution in [0.4, 0.5) is 0 Å². The van der Waals surface area contributed by atoms with Crippen molar-refractivity contribution in [2.24, 2.45) is 0 Å². The van der Waals surface area contributed by atoms with Crippen LogP contribution in [0.5, 0.6) is 0 Å². The minimum absolute atomic E-state index is 0.321. The van der Waals surface area contributed by atoms with E-state index in [0.717, 1.165) is 16.8 Å². The van der Waals surface area contributed by atoms with Crippen LogP contribution in [0.1, 0.15) is 12.5 Å². The number of nitrogens with zero attached hydrogens (tertiary/aromatic N) is 2. The maximum absolute atomic E-state index is 11.5. The zero-order chi connectivity index (χ0) is 15.5. The predicted molar refractivity (Wildman–Crippen MR) is 81.3 cm³/mol. The Bertz CT molecular complexity index is 641. The highest BCUT2D eigenvalue weighted by molar-refractivity contribution is 5.74. The Morgan fingerprint density at radius 2 is 2.23 bits per heavy atom. The van der Waals surface area contributed by atoms with Crippen LogP contribution in [-0.4, -0.2) is 51.5 Å². The van der Waals surface area contributed by atoms with E-state index < -0.39 is 12.0 Å². The number of nitrogens with one attached hydrogen (secondary N) is 1. The van der Waals surface area contributed by atoms with Gasteiger partial charge in [0.15, 0.2) is 0 Å². The van der Waals surface area contributed by atoms with E-state index in [4.69, 9.17) is 4.74 Å². The molecule has 2 heterocycles. The zero-order valence-electron chi connectivity index (χ0n) is 12.4. The van der Waals surface area contributed by atoms with Crippen molar-refractivity contribution in [3.63, 3.8) is 0 Å². The molecule has 1 saturated heterocycles. The minimum atomic E-state index is -0.850. The molecule has 2 atom stereocenters. The molecule has 0 unspecified atom stereocenters. The fourth-order valence-corrected chi connectivity index (χ4v) is 2.92. The average molecular weight is 301 g/mol. The van der Waals surface area contributed by atoms with Gasteiger partial charge in [-0.15, -0.1) is 0 Å². The van der Waals surface area contributed by atoms with Crippen molar-refractivity contribution in [2.75, 3.05) is 13.2 Å². The topological polar surface area (TPSA) is 78.5 Å². The van der Waals surface area contributed by atoms with E-state index in [1.807, 2.05) is 35.2 Å². The van der Waals surface area contributed by atoms with Gasteiger partial charge in [0.05, 0.1) is 24.6 Å². The standard InChI is InChI=1S/C16H19N3O3/c1-11-15(16(20)21)19(7-8-22-11)10-13-9-17-18-14(13)12-5-3-2-4-6-12/h2-6,9,11,15H,7-8,10H2,1H3,(H,17,18)(H,20,21)/t11-,15+/m0/s1. The van der Waals surface area contributed by atoms with Gasteiger partial charge in [-0.3, -0.25) is 14.8 Å². The van der Waals surface area contributed by atoms with E-state index in [9.17, 15) is 9.90 Å². The summed E-state index contributed by atoms with van der Waals surface area (Å²) in [4.78, 5) is 13.5. The Labute approximate surface area is 128 Å². The number of hydrogen-bond donors (Lipinski definition) is 2. The number of aromatic amines is 1. The quantitative estimate of drug-likeness (QED) is 0.899. The second kappa shape index (κ2) is 6.29. The summed E-state index contributed by atoms with van der Waals surface area (Å²) in [7, 11) is 0. The third kappa shape index (κ3) is 2.88. The molecule has 0 radical (unpaired) electrons. The lowest BCUT2D eigenvalue weighted by Crippen LogP contribution is -2.53. The summed E-state index contributed by atoms with van der Waals surface area (Å²) in [5, 5.41) is 16.6. The third-order valence-electron chi connectivity index (χ3n) is 4.00. The molecule has 1 fully saturated rings. The minimum Gasteiger partial charge on any atom is -0.480 e. The SMILES string of the molecule is C[C@@H]1OCCN(Cc2cn[nH]c2-c2ccccc2)[C@H]1C(=O)O. The molecule has 2 N–H and O–H groups in total. The number of rotatable bonds is 4. The molecule has 1 aromatic carbocycles. The first-order valence-electron chi connectivity index (χ1n) is 7.33. The van der Waals surface area contributed by atoms with Gasteiger partial charge in [-0.2, -0.15) is 5.10 Å². The smallest absolute Gasteiger partial charge is 0.323 e. The zero-order valence-corrected chi connectivity index (χ0v) is 12.4. The number of aromatic nitrogens is 2. The van der Waals surface area contributed by atoms with Crippen molar-refractivity contribution in [1.82, 2.24) is 15.1 Å². The van der Waals surface area contributed by atoms with Gasteiger partial charge >= 0.3 is 5.97 Å². The Hall–Kier alpha value is -2.18. The molecule has 0 aliphatic carbocycles. The molecule has 22 heavy (non-hydrogen) atoms. The van der Waals surface area contributed by atoms with Gasteiger partial charge in [-0.25, -0.2) is 0 Å². The van der Waals surface area contributed by atoms with E-state index in [0.29, 0.717) is 19.7 Å². The molecule has 0 saturated carbocycles. The maximum Gasteiger partial charge on any atom is 0.323 e. The molecule has 2 aromatic rings. The number of hydrogen-bond acceptors (Lipinski definition) is 4. The third-order valence-corrected chi connectivity index (χ3v) is 4.00. The molecule has 6 nitrogen and oxygen atoms in total. The first kappa shape index (κ1) is 14.7. The lowest BCUT2D eigenvalue weighted by molar-refractivity contribution is -0.156. The van der Waals surface area contributed by atoms with E-state index in [2.05, 4.69) is 10.2 Å². The Kier molecular flexibility index (Phi) is 4.22. The molecule has 116 valence electrons. The number of morpholine rings is 1. The van der Waals surface area contributed by atoms with Crippen LogP contribution < -0.4 is 0 Å². The summed E-state index contributed by atoms with van der Waals surface area (Å²) in [6.07, 6.45) is 1.44. The first-order chi connectivity index (χ1) is 10.7. The lowest BCUT2D eigenvalue weighted by Gasteiger charge is -2.37. The van der Waals surface area contributed by atoms with Gasteiger partial charge in [0, 0.05) is 18.7 Å². The van der Waals surface area contributed by atoms with Crippen molar-refractivity contribution >= 4 is 5.97 Å². The number of H-pyrrole nitrogens is 1. The largest absolute Gasteiger partial charge is 0.480 e. The summed E-state index contributed by atoms with van der Waals surface area (Å²) >= 11 is 0. The van der Waals surface area contributed by atoms with Crippen molar-refractivity contribution in [3.8, 4) is 11.3 Å². The van der Waals surface area contributed by atoms with Crippen LogP contribution >= 0.6 is 0 Å². The summed E-state index contributed by atoms with van der Waals surface area (Å²) < 4.78 is 5.47. The average Bonchev–Trinajstić information content (AvgIpc) is 2.96. The van der Waals surface area contributed by atoms with Crippen LogP contribution in [0, 0.1) is 0 Å². The van der Waals surface area contributed by atoms with Crippen molar-refractivity contribution in [3.05, 3.63) is 42.1 Å². The molecular weight excluding hydrogens is 282 g/mol. The van der Waals surface area contributed by atoms with Crippen LogP contribution in [-0.2, 0) is 16.1 Å². The highest BCUT2D eigenvalue weighted by Gasteiger charge is 2.35. The Morgan fingerprint density at radius 1 is 1.45 bits per heavy atom. The number of ether oxygens (including phenoxy) is 1. The normalized spacial score (nSPS) is 22.6. The van der Waals surface area contributed by atoms with Crippen molar-refractivity contribution in [2.45, 2.75) is 25.6 Å². The second-order valence-corrected chi connectivity index (χ2v) is 5.47. The van der Waals surface area contributed by atoms with Crippen LogP contribution in [0.3, 0.4) is 0 Å². The van der Waals surface area contributed by atoms with Crippen molar-refractivity contribution < 1.29 is 14.6 Å². The predicted octanol–water partition coefficient (Wildman–Crippen LogP) is 1.75. The highest BCUT2D eigenvalue weighted by atomic mass is 16.5. The van der Waals surface area contributed by atoms with Crippen molar-refractivity contribution in [1.29, 1.82) is 0 Å². The van der Waals surface area contributed by atoms with E-state index in [1.54, 1.807) is 13.1 Å². The summed E-state index contributed by atoms with van der Waals surface area (Å²) in [5.74, 6) is -0.850. The van der Waals surface area contributed by atoms with Crippen LogP contribution in [0.25, 0.3) is 11.3 Å². The summed E-state index contributed by atoms with van der Waals surface area (Å²) in [6, 6.07) is 9.28. The van der Waals surface area contributed by atoms with E-state index in [1.165, 1.54) is 0 Å². The van der Waals surface area contributed by atoms with Gasteiger partial charge in [0.2, 0.25) is 0 Å². The monoisotopic (exact) mass is 301 g/mol. The van der Waals surface area contributed by atoms with Gasteiger partial charge < -0.3 is 9.84 Å². The molecule has 6 heteroatoms. The molecule has 1 aliphatic rings. The van der Waals surface area contributed by atoms with Crippen LogP contribution in [0.2, 0.25) is 0 Å². The van der Waals surface area contributed by atoms with Crippen LogP contribution in [0.15, 0.2) is 36.5 Å². The van der Waals surface area contributed by atoms with Gasteiger partial charge in [-0.05, 0) is 12.5 Å².